The Morgan fingerprint density at radius 3 is 1.91 bits per heavy atom. The maximum absolute atomic E-state index is 11.7. The van der Waals surface area contributed by atoms with Crippen LogP contribution in [-0.4, -0.2) is 17.0 Å². The molecule has 0 saturated heterocycles. The summed E-state index contributed by atoms with van der Waals surface area (Å²) in [4.78, 5) is 23.4. The quantitative estimate of drug-likeness (QED) is 0.412. The van der Waals surface area contributed by atoms with Gasteiger partial charge in [-0.1, -0.05) is 33.3 Å². The van der Waals surface area contributed by atoms with E-state index >= 15 is 0 Å². The van der Waals surface area contributed by atoms with Crippen molar-refractivity contribution in [2.45, 2.75) is 59.3 Å². The van der Waals surface area contributed by atoms with Crippen LogP contribution >= 0.6 is 0 Å². The lowest BCUT2D eigenvalue weighted by Crippen LogP contribution is -2.12. The lowest BCUT2D eigenvalue weighted by atomic mass is 9.93. The summed E-state index contributed by atoms with van der Waals surface area (Å²) in [7, 11) is 0. The second-order valence-corrected chi connectivity index (χ2v) is 5.80. The molecule has 0 spiro atoms. The van der Waals surface area contributed by atoms with Gasteiger partial charge in [-0.3, -0.25) is 0 Å². The van der Waals surface area contributed by atoms with E-state index in [-0.39, 0.29) is 0 Å². The predicted molar refractivity (Wildman–Crippen MR) is 91.1 cm³/mol. The Balaban J connectivity index is 3.29. The van der Waals surface area contributed by atoms with Gasteiger partial charge in [-0.15, -0.1) is 0 Å². The third-order valence-corrected chi connectivity index (χ3v) is 3.65. The Morgan fingerprint density at radius 2 is 1.57 bits per heavy atom. The topological polar surface area (TPSA) is 63.6 Å². The van der Waals surface area contributed by atoms with Crippen molar-refractivity contribution in [3.63, 3.8) is 0 Å². The smallest absolute Gasteiger partial charge is 0.338 e. The van der Waals surface area contributed by atoms with E-state index in [4.69, 9.17) is 4.74 Å². The van der Waals surface area contributed by atoms with Crippen LogP contribution in [0.15, 0.2) is 24.3 Å². The van der Waals surface area contributed by atoms with Crippen LogP contribution in [0, 0.1) is 0 Å². The molecule has 1 aromatic carbocycles. The number of carbonyl (C=O) groups is 2. The molecule has 0 fully saturated rings. The molecule has 0 atom stereocenters. The van der Waals surface area contributed by atoms with E-state index in [9.17, 15) is 14.7 Å². The molecule has 0 bridgehead atoms. The van der Waals surface area contributed by atoms with E-state index in [0.717, 1.165) is 36.8 Å². The normalized spacial score (nSPS) is 10.4. The lowest BCUT2D eigenvalue weighted by molar-refractivity contribution is -0.130. The van der Waals surface area contributed by atoms with Gasteiger partial charge in [-0.2, -0.15) is 0 Å². The van der Waals surface area contributed by atoms with Crippen LogP contribution in [0.2, 0.25) is 0 Å². The van der Waals surface area contributed by atoms with E-state index in [2.05, 4.69) is 20.4 Å². The van der Waals surface area contributed by atoms with Gasteiger partial charge in [-0.05, 0) is 55.9 Å². The summed E-state index contributed by atoms with van der Waals surface area (Å²) < 4.78 is 5.32. The SMILES string of the molecule is C=C(C)C(=O)Oc1cc(CCCC)c(C(=O)O)c(CCCC)c1. The zero-order chi connectivity index (χ0) is 17.4. The molecule has 0 amide bonds. The molecule has 1 N–H and O–H groups in total. The molecule has 0 unspecified atom stereocenters. The van der Waals surface area contributed by atoms with Crippen molar-refractivity contribution in [3.8, 4) is 5.75 Å². The van der Waals surface area contributed by atoms with Gasteiger partial charge in [0.2, 0.25) is 0 Å². The monoisotopic (exact) mass is 318 g/mol. The Hall–Kier alpha value is -2.10. The molecule has 4 nitrogen and oxygen atoms in total. The molecule has 0 heterocycles. The first-order chi connectivity index (χ1) is 10.9. The van der Waals surface area contributed by atoms with Gasteiger partial charge in [0.15, 0.2) is 0 Å². The number of esters is 1. The standard InChI is InChI=1S/C19H26O4/c1-5-7-9-14-11-16(23-19(22)13(3)4)12-15(10-8-6-2)17(14)18(20)21/h11-12H,3,5-10H2,1-2,4H3,(H,20,21). The summed E-state index contributed by atoms with van der Waals surface area (Å²) in [5.74, 6) is -1.00. The highest BCUT2D eigenvalue weighted by molar-refractivity contribution is 5.92. The molecule has 0 saturated carbocycles. The van der Waals surface area contributed by atoms with Gasteiger partial charge in [0.05, 0.1) is 5.56 Å². The Kier molecular flexibility index (Phi) is 7.52. The number of aromatic carboxylic acids is 1. The van der Waals surface area contributed by atoms with Gasteiger partial charge in [0.25, 0.3) is 0 Å². The number of aryl methyl sites for hydroxylation is 2. The second-order valence-electron chi connectivity index (χ2n) is 5.80. The second kappa shape index (κ2) is 9.13. The van der Waals surface area contributed by atoms with Crippen LogP contribution < -0.4 is 4.74 Å². The minimum Gasteiger partial charge on any atom is -0.478 e. The van der Waals surface area contributed by atoms with Crippen molar-refractivity contribution in [1.29, 1.82) is 0 Å². The molecular formula is C19H26O4. The zero-order valence-electron chi connectivity index (χ0n) is 14.3. The zero-order valence-corrected chi connectivity index (χ0v) is 14.3. The van der Waals surface area contributed by atoms with Gasteiger partial charge in [-0.25, -0.2) is 9.59 Å². The van der Waals surface area contributed by atoms with Gasteiger partial charge in [0.1, 0.15) is 5.75 Å². The highest BCUT2D eigenvalue weighted by atomic mass is 16.5. The van der Waals surface area contributed by atoms with Gasteiger partial charge < -0.3 is 9.84 Å². The fraction of sp³-hybridized carbons (Fsp3) is 0.474. The molecule has 0 aliphatic heterocycles. The molecule has 0 radical (unpaired) electrons. The number of ether oxygens (including phenoxy) is 1. The first-order valence-electron chi connectivity index (χ1n) is 8.17. The summed E-state index contributed by atoms with van der Waals surface area (Å²) in [5, 5.41) is 9.58. The first-order valence-corrected chi connectivity index (χ1v) is 8.17. The average Bonchev–Trinajstić information content (AvgIpc) is 2.49. The fourth-order valence-electron chi connectivity index (χ4n) is 2.39. The average molecular weight is 318 g/mol. The number of hydrogen-bond donors (Lipinski definition) is 1. The molecule has 0 aliphatic rings. The number of carboxylic acids is 1. The Labute approximate surface area is 138 Å². The maximum Gasteiger partial charge on any atom is 0.338 e. The molecular weight excluding hydrogens is 292 g/mol. The molecule has 1 rings (SSSR count). The van der Waals surface area contributed by atoms with Crippen LogP contribution in [-0.2, 0) is 17.6 Å². The summed E-state index contributed by atoms with van der Waals surface area (Å²) in [5.41, 5.74) is 2.15. The fourth-order valence-corrected chi connectivity index (χ4v) is 2.39. The number of rotatable bonds is 9. The highest BCUT2D eigenvalue weighted by Crippen LogP contribution is 2.26. The van der Waals surface area contributed by atoms with E-state index in [0.29, 0.717) is 29.7 Å². The number of carboxylic acid groups (broad SMARTS) is 1. The lowest BCUT2D eigenvalue weighted by Gasteiger charge is -2.14. The third-order valence-electron chi connectivity index (χ3n) is 3.65. The molecule has 23 heavy (non-hydrogen) atoms. The number of hydrogen-bond acceptors (Lipinski definition) is 3. The maximum atomic E-state index is 11.7. The number of carbonyl (C=O) groups excluding carboxylic acids is 1. The predicted octanol–water partition coefficient (Wildman–Crippen LogP) is 4.55. The largest absolute Gasteiger partial charge is 0.478 e. The van der Waals surface area contributed by atoms with Gasteiger partial charge in [0, 0.05) is 5.57 Å². The minimum absolute atomic E-state index is 0.317. The van der Waals surface area contributed by atoms with Crippen LogP contribution in [0.1, 0.15) is 67.9 Å². The first kappa shape index (κ1) is 18.9. The van der Waals surface area contributed by atoms with Crippen LogP contribution in [0.4, 0.5) is 0 Å². The number of unbranched alkanes of at least 4 members (excludes halogenated alkanes) is 2. The molecule has 0 aliphatic carbocycles. The summed E-state index contributed by atoms with van der Waals surface area (Å²) in [6, 6.07) is 3.35. The molecule has 4 heteroatoms. The molecule has 1 aromatic rings. The minimum atomic E-state index is -0.917. The van der Waals surface area contributed by atoms with Gasteiger partial charge >= 0.3 is 11.9 Å². The van der Waals surface area contributed by atoms with Crippen molar-refractivity contribution in [1.82, 2.24) is 0 Å². The van der Waals surface area contributed by atoms with E-state index in [1.54, 1.807) is 19.1 Å². The van der Waals surface area contributed by atoms with Crippen LogP contribution in [0.3, 0.4) is 0 Å². The summed E-state index contributed by atoms with van der Waals surface area (Å²) in [6.07, 6.45) is 5.06. The van der Waals surface area contributed by atoms with Crippen LogP contribution in [0.5, 0.6) is 5.75 Å². The van der Waals surface area contributed by atoms with Crippen molar-refractivity contribution < 1.29 is 19.4 Å². The summed E-state index contributed by atoms with van der Waals surface area (Å²) >= 11 is 0. The van der Waals surface area contributed by atoms with E-state index in [1.165, 1.54) is 0 Å². The van der Waals surface area contributed by atoms with Crippen molar-refractivity contribution >= 4 is 11.9 Å². The Morgan fingerprint density at radius 1 is 1.09 bits per heavy atom. The van der Waals surface area contributed by atoms with E-state index in [1.807, 2.05) is 0 Å². The highest BCUT2D eigenvalue weighted by Gasteiger charge is 2.18. The van der Waals surface area contributed by atoms with Crippen molar-refractivity contribution in [2.24, 2.45) is 0 Å². The Bertz CT molecular complexity index is 558. The molecule has 126 valence electrons. The van der Waals surface area contributed by atoms with Crippen molar-refractivity contribution in [2.75, 3.05) is 0 Å². The van der Waals surface area contributed by atoms with E-state index < -0.39 is 11.9 Å². The summed E-state index contributed by atoms with van der Waals surface area (Å²) in [6.45, 7) is 9.28. The van der Waals surface area contributed by atoms with Crippen molar-refractivity contribution in [3.05, 3.63) is 41.0 Å². The number of benzene rings is 1. The molecule has 0 aromatic heterocycles. The van der Waals surface area contributed by atoms with Crippen LogP contribution in [0.25, 0.3) is 0 Å². The third kappa shape index (κ3) is 5.55.